The van der Waals surface area contributed by atoms with Gasteiger partial charge in [0.05, 0.1) is 19.8 Å². The molecule has 0 bridgehead atoms. The summed E-state index contributed by atoms with van der Waals surface area (Å²) in [5.74, 6) is 1.17. The van der Waals surface area contributed by atoms with Crippen LogP contribution in [0.15, 0.2) is 48.2 Å². The summed E-state index contributed by atoms with van der Waals surface area (Å²) < 4.78 is 10.7. The minimum atomic E-state index is -0.334. The molecule has 2 aromatic rings. The van der Waals surface area contributed by atoms with Crippen LogP contribution in [0.3, 0.4) is 0 Å². The van der Waals surface area contributed by atoms with Crippen molar-refractivity contribution in [2.75, 3.05) is 37.5 Å². The Balaban J connectivity index is 1.67. The molecule has 0 saturated carbocycles. The second-order valence-corrected chi connectivity index (χ2v) is 9.24. The molecular weight excluding hydrogens is 430 g/mol. The molecule has 34 heavy (non-hydrogen) atoms. The average Bonchev–Trinajstić information content (AvgIpc) is 3.08. The number of rotatable bonds is 7. The van der Waals surface area contributed by atoms with Crippen LogP contribution in [-0.4, -0.2) is 50.1 Å². The number of nitrogens with zero attached hydrogens (tertiary/aromatic N) is 2. The lowest BCUT2D eigenvalue weighted by Gasteiger charge is -2.32. The summed E-state index contributed by atoms with van der Waals surface area (Å²) in [5.41, 5.74) is 3.12. The van der Waals surface area contributed by atoms with Gasteiger partial charge in [0.2, 0.25) is 0 Å². The van der Waals surface area contributed by atoms with Crippen LogP contribution in [0.1, 0.15) is 39.2 Å². The van der Waals surface area contributed by atoms with Gasteiger partial charge in [0.15, 0.2) is 11.5 Å². The van der Waals surface area contributed by atoms with E-state index in [4.69, 9.17) is 9.47 Å². The van der Waals surface area contributed by atoms with Crippen molar-refractivity contribution in [3.8, 4) is 11.5 Å². The first-order chi connectivity index (χ1) is 16.3. The molecule has 7 nitrogen and oxygen atoms in total. The highest BCUT2D eigenvalue weighted by atomic mass is 16.5. The summed E-state index contributed by atoms with van der Waals surface area (Å²) in [5, 5.41) is 3.23. The zero-order chi connectivity index (χ0) is 24.4. The fourth-order valence-corrected chi connectivity index (χ4v) is 4.56. The third kappa shape index (κ3) is 4.47. The second-order valence-electron chi connectivity index (χ2n) is 9.24. The number of ether oxygens (including phenoxy) is 2. The van der Waals surface area contributed by atoms with Crippen molar-refractivity contribution in [2.24, 2.45) is 5.92 Å². The largest absolute Gasteiger partial charge is 0.493 e. The van der Waals surface area contributed by atoms with Crippen LogP contribution >= 0.6 is 0 Å². The quantitative estimate of drug-likeness (QED) is 0.608. The molecule has 2 aliphatic heterocycles. The number of hydrogen-bond donors (Lipinski definition) is 1. The highest BCUT2D eigenvalue weighted by Gasteiger charge is 2.40. The van der Waals surface area contributed by atoms with Crippen LogP contribution < -0.4 is 19.7 Å². The molecule has 0 spiro atoms. The molecule has 2 amide bonds. The fraction of sp³-hybridized carbons (Fsp3) is 0.407. The minimum Gasteiger partial charge on any atom is -0.493 e. The molecule has 7 heteroatoms. The van der Waals surface area contributed by atoms with E-state index < -0.39 is 0 Å². The number of benzene rings is 2. The van der Waals surface area contributed by atoms with Gasteiger partial charge in [-0.2, -0.15) is 0 Å². The number of carbonyl (C=O) groups excluding carboxylic acids is 2. The van der Waals surface area contributed by atoms with E-state index in [1.54, 1.807) is 32.4 Å². The molecular formula is C27H33N3O4. The fourth-order valence-electron chi connectivity index (χ4n) is 4.56. The summed E-state index contributed by atoms with van der Waals surface area (Å²) in [6.45, 7) is 8.07. The lowest BCUT2D eigenvalue weighted by Crippen LogP contribution is -2.38. The molecule has 0 radical (unpaired) electrons. The summed E-state index contributed by atoms with van der Waals surface area (Å²) in [4.78, 5) is 30.3. The third-order valence-electron chi connectivity index (χ3n) is 6.59. The molecule has 180 valence electrons. The first-order valence-electron chi connectivity index (χ1n) is 11.8. The number of carbonyl (C=O) groups is 2. The molecule has 0 aromatic heterocycles. The monoisotopic (exact) mass is 463 g/mol. The summed E-state index contributed by atoms with van der Waals surface area (Å²) in [6.07, 6.45) is 2.40. The van der Waals surface area contributed by atoms with Crippen LogP contribution in [0.25, 0.3) is 5.57 Å². The van der Waals surface area contributed by atoms with E-state index in [9.17, 15) is 9.59 Å². The van der Waals surface area contributed by atoms with Crippen molar-refractivity contribution in [2.45, 2.75) is 39.7 Å². The Hall–Kier alpha value is -3.48. The average molecular weight is 464 g/mol. The van der Waals surface area contributed by atoms with Crippen molar-refractivity contribution < 1.29 is 19.1 Å². The number of piperidine rings is 1. The summed E-state index contributed by atoms with van der Waals surface area (Å²) in [6, 6.07) is 13.0. The Kier molecular flexibility index (Phi) is 6.82. The molecule has 0 unspecified atom stereocenters. The van der Waals surface area contributed by atoms with Gasteiger partial charge < -0.3 is 19.7 Å². The van der Waals surface area contributed by atoms with E-state index in [2.05, 4.69) is 29.3 Å². The molecule has 2 heterocycles. The zero-order valence-electron chi connectivity index (χ0n) is 20.6. The first-order valence-corrected chi connectivity index (χ1v) is 11.8. The summed E-state index contributed by atoms with van der Waals surface area (Å²) in [7, 11) is 3.10. The van der Waals surface area contributed by atoms with Crippen molar-refractivity contribution >= 4 is 28.8 Å². The third-order valence-corrected chi connectivity index (χ3v) is 6.59. The Morgan fingerprint density at radius 1 is 0.912 bits per heavy atom. The molecule has 2 aromatic carbocycles. The highest BCUT2D eigenvalue weighted by molar-refractivity contribution is 6.36. The lowest BCUT2D eigenvalue weighted by atomic mass is 9.99. The van der Waals surface area contributed by atoms with Crippen molar-refractivity contribution in [1.82, 2.24) is 4.90 Å². The van der Waals surface area contributed by atoms with Crippen molar-refractivity contribution in [3.05, 3.63) is 53.7 Å². The minimum absolute atomic E-state index is 0.265. The molecule has 1 fully saturated rings. The second kappa shape index (κ2) is 9.79. The van der Waals surface area contributed by atoms with E-state index in [-0.39, 0.29) is 23.6 Å². The van der Waals surface area contributed by atoms with E-state index >= 15 is 0 Å². The Bertz CT molecular complexity index is 1100. The maximum absolute atomic E-state index is 13.3. The number of imide groups is 1. The van der Waals surface area contributed by atoms with Gasteiger partial charge in [0.1, 0.15) is 5.70 Å². The van der Waals surface area contributed by atoms with Gasteiger partial charge in [0, 0.05) is 30.5 Å². The van der Waals surface area contributed by atoms with Gasteiger partial charge in [-0.05, 0) is 74.6 Å². The molecule has 2 aliphatic rings. The van der Waals surface area contributed by atoms with E-state index in [1.165, 1.54) is 23.4 Å². The van der Waals surface area contributed by atoms with Crippen LogP contribution in [-0.2, 0) is 9.59 Å². The first kappa shape index (κ1) is 23.7. The van der Waals surface area contributed by atoms with Crippen LogP contribution in [0.5, 0.6) is 11.5 Å². The van der Waals surface area contributed by atoms with Gasteiger partial charge in [-0.25, -0.2) is 0 Å². The Morgan fingerprint density at radius 3 is 2.15 bits per heavy atom. The lowest BCUT2D eigenvalue weighted by molar-refractivity contribution is -0.138. The Morgan fingerprint density at radius 2 is 1.56 bits per heavy atom. The number of hydrogen-bond acceptors (Lipinski definition) is 6. The van der Waals surface area contributed by atoms with Crippen molar-refractivity contribution in [3.63, 3.8) is 0 Å². The summed E-state index contributed by atoms with van der Waals surface area (Å²) >= 11 is 0. The molecule has 0 atom stereocenters. The van der Waals surface area contributed by atoms with E-state index in [1.807, 2.05) is 26.0 Å². The highest BCUT2D eigenvalue weighted by Crippen LogP contribution is 2.36. The number of nitrogens with one attached hydrogen (secondary N) is 1. The standard InChI is InChI=1S/C27H33N3O4/c1-17(2)30-26(31)24(19-6-11-22(33-4)23(16-19)34-5)25(27(30)32)28-20-7-9-21(10-8-20)29-14-12-18(3)13-15-29/h6-11,16-18,28H,12-15H2,1-5H3. The van der Waals surface area contributed by atoms with Gasteiger partial charge in [0.25, 0.3) is 11.8 Å². The zero-order valence-corrected chi connectivity index (χ0v) is 20.6. The van der Waals surface area contributed by atoms with Gasteiger partial charge in [-0.3, -0.25) is 14.5 Å². The van der Waals surface area contributed by atoms with Crippen LogP contribution in [0.4, 0.5) is 11.4 Å². The SMILES string of the molecule is COc1ccc(C2=C(Nc3ccc(N4CCC(C)CC4)cc3)C(=O)N(C(C)C)C2=O)cc1OC. The van der Waals surface area contributed by atoms with Crippen LogP contribution in [0, 0.1) is 5.92 Å². The number of anilines is 2. The topological polar surface area (TPSA) is 71.1 Å². The molecule has 1 saturated heterocycles. The Labute approximate surface area is 201 Å². The number of methoxy groups -OCH3 is 2. The maximum atomic E-state index is 13.3. The number of amides is 2. The molecule has 0 aliphatic carbocycles. The molecule has 4 rings (SSSR count). The van der Waals surface area contributed by atoms with E-state index in [0.29, 0.717) is 22.6 Å². The normalized spacial score (nSPS) is 17.1. The predicted molar refractivity (Wildman–Crippen MR) is 134 cm³/mol. The van der Waals surface area contributed by atoms with E-state index in [0.717, 1.165) is 24.7 Å². The van der Waals surface area contributed by atoms with Gasteiger partial charge in [-0.1, -0.05) is 13.0 Å². The smallest absolute Gasteiger partial charge is 0.278 e. The predicted octanol–water partition coefficient (Wildman–Crippen LogP) is 4.54. The van der Waals surface area contributed by atoms with Crippen LogP contribution in [0.2, 0.25) is 0 Å². The van der Waals surface area contributed by atoms with Gasteiger partial charge >= 0.3 is 0 Å². The van der Waals surface area contributed by atoms with Crippen molar-refractivity contribution in [1.29, 1.82) is 0 Å². The maximum Gasteiger partial charge on any atom is 0.278 e. The molecule has 1 N–H and O–H groups in total. The van der Waals surface area contributed by atoms with Gasteiger partial charge in [-0.15, -0.1) is 0 Å².